The summed E-state index contributed by atoms with van der Waals surface area (Å²) in [6.07, 6.45) is 0. The predicted molar refractivity (Wildman–Crippen MR) is 525 cm³/mol. The van der Waals surface area contributed by atoms with Gasteiger partial charge in [0.2, 0.25) is 0 Å². The number of anilines is 6. The van der Waals surface area contributed by atoms with Crippen molar-refractivity contribution in [3.05, 3.63) is 530 Å². The molecule has 2 heterocycles. The molecular formula is C122H80N4. The van der Waals surface area contributed by atoms with Crippen molar-refractivity contribution in [1.29, 1.82) is 0 Å². The van der Waals surface area contributed by atoms with E-state index in [0.29, 0.717) is 0 Å². The molecule has 0 amide bonds. The average molecular weight is 1600 g/mol. The molecule has 4 heteroatoms. The summed E-state index contributed by atoms with van der Waals surface area (Å²) in [6, 6.07) is 179. The lowest BCUT2D eigenvalue weighted by atomic mass is 9.70. The van der Waals surface area contributed by atoms with Crippen LogP contribution in [0.1, 0.15) is 44.5 Å². The van der Waals surface area contributed by atoms with E-state index in [2.05, 4.69) is 504 Å². The highest BCUT2D eigenvalue weighted by Crippen LogP contribution is 2.66. The first-order chi connectivity index (χ1) is 62.5. The van der Waals surface area contributed by atoms with Crippen molar-refractivity contribution >= 4 is 77.7 Å². The lowest BCUT2D eigenvalue weighted by Gasteiger charge is -2.32. The number of benzene rings is 20. The van der Waals surface area contributed by atoms with E-state index in [-0.39, 0.29) is 0 Å². The minimum atomic E-state index is -0.432. The van der Waals surface area contributed by atoms with Gasteiger partial charge in [-0.3, -0.25) is 0 Å². The Morgan fingerprint density at radius 1 is 0.143 bits per heavy atom. The number of hydrogen-bond acceptors (Lipinski definition) is 2. The topological polar surface area (TPSA) is 16.3 Å². The maximum Gasteiger partial charge on any atom is 0.0726 e. The highest BCUT2D eigenvalue weighted by molar-refractivity contribution is 6.14. The van der Waals surface area contributed by atoms with Crippen LogP contribution in [-0.4, -0.2) is 9.13 Å². The second-order valence-corrected chi connectivity index (χ2v) is 33.7. The molecule has 0 unspecified atom stereocenters. The number of fused-ring (bicyclic) bond motifs is 26. The molecule has 26 rings (SSSR count). The number of hydrogen-bond donors (Lipinski definition) is 0. The maximum absolute atomic E-state index is 2.48. The van der Waals surface area contributed by atoms with Crippen LogP contribution in [0.3, 0.4) is 0 Å². The molecule has 0 saturated heterocycles. The van der Waals surface area contributed by atoms with Crippen molar-refractivity contribution < 1.29 is 0 Å². The van der Waals surface area contributed by atoms with Gasteiger partial charge in [0, 0.05) is 67.0 Å². The van der Waals surface area contributed by atoms with Crippen molar-refractivity contribution in [2.45, 2.75) is 10.8 Å². The van der Waals surface area contributed by atoms with Crippen LogP contribution in [0.5, 0.6) is 0 Å². The van der Waals surface area contributed by atoms with Gasteiger partial charge in [0.15, 0.2) is 0 Å². The van der Waals surface area contributed by atoms with E-state index in [1.165, 1.54) is 177 Å². The molecule has 126 heavy (non-hydrogen) atoms. The molecule has 0 saturated carbocycles. The lowest BCUT2D eigenvalue weighted by molar-refractivity contribution is 0.793. The normalized spacial score (nSPS) is 12.9. The highest BCUT2D eigenvalue weighted by atomic mass is 15.2. The van der Waals surface area contributed by atoms with Gasteiger partial charge in [0.1, 0.15) is 0 Å². The largest absolute Gasteiger partial charge is 0.310 e. The Kier molecular flexibility index (Phi) is 16.8. The molecular weight excluding hydrogens is 1520 g/mol. The molecule has 20 aromatic carbocycles. The third-order valence-electron chi connectivity index (χ3n) is 27.2. The molecule has 4 nitrogen and oxygen atoms in total. The maximum atomic E-state index is 2.48. The molecule has 0 N–H and O–H groups in total. The van der Waals surface area contributed by atoms with Gasteiger partial charge in [-0.2, -0.15) is 0 Å². The number of rotatable bonds is 12. The fourth-order valence-corrected chi connectivity index (χ4v) is 21.9. The molecule has 22 aromatic rings. The van der Waals surface area contributed by atoms with Crippen molar-refractivity contribution in [2.24, 2.45) is 0 Å². The van der Waals surface area contributed by atoms with Crippen LogP contribution in [0.15, 0.2) is 485 Å². The molecule has 0 bridgehead atoms. The first-order valence-electron chi connectivity index (χ1n) is 43.7. The number of aromatic nitrogens is 2. The van der Waals surface area contributed by atoms with E-state index in [9.17, 15) is 0 Å². The Bertz CT molecular complexity index is 7940. The van der Waals surface area contributed by atoms with Crippen LogP contribution in [-0.2, 0) is 10.8 Å². The van der Waals surface area contributed by atoms with Crippen LogP contribution < -0.4 is 9.80 Å². The lowest BCUT2D eigenvalue weighted by Crippen LogP contribution is -2.26. The zero-order valence-corrected chi connectivity index (χ0v) is 69.0. The Morgan fingerprint density at radius 2 is 0.373 bits per heavy atom. The van der Waals surface area contributed by atoms with Gasteiger partial charge in [0.05, 0.1) is 32.9 Å². The van der Waals surface area contributed by atoms with Crippen molar-refractivity contribution in [1.82, 2.24) is 9.13 Å². The monoisotopic (exact) mass is 1600 g/mol. The number of para-hydroxylation sites is 4. The zero-order chi connectivity index (χ0) is 83.0. The van der Waals surface area contributed by atoms with Crippen molar-refractivity contribution in [2.75, 3.05) is 9.80 Å². The first kappa shape index (κ1) is 72.4. The molecule has 4 aliphatic rings. The standard InChI is InChI=1S/2C61H40N2/c1-4-17-41(18-5-1)42-19-16-20-43(37-42)44-31-35-59-53(38-44)54-39-47(33-36-60(54)63(59)46-23-8-3-9-24-46)62(45-21-6-2-7-22-45)48-32-34-52-51-27-12-15-30-57(51)61(58(52)40-48)55-28-13-10-25-49(55)50-26-11-14-29-56(50)61;1-4-16-41(17-5-1)42-28-30-43(31-29-42)44-32-36-59-53(38-44)54-39-47(34-37-60(54)63(59)46-20-8-3-9-21-46)62(45-18-6-2-7-19-45)48-33-35-52-51-24-12-15-27-57(51)61(58(52)40-48)55-25-13-10-22-49(55)50-23-11-14-26-56(50)61/h2*1-40H. The number of nitrogens with zero attached hydrogens (tertiary/aromatic N) is 4. The van der Waals surface area contributed by atoms with Crippen LogP contribution in [0.25, 0.3) is 144 Å². The summed E-state index contributed by atoms with van der Waals surface area (Å²) in [5.74, 6) is 0. The van der Waals surface area contributed by atoms with Crippen LogP contribution in [0.2, 0.25) is 0 Å². The Labute approximate surface area is 732 Å². The van der Waals surface area contributed by atoms with Gasteiger partial charge in [0.25, 0.3) is 0 Å². The molecule has 0 radical (unpaired) electrons. The van der Waals surface area contributed by atoms with Crippen molar-refractivity contribution in [3.8, 4) is 100 Å². The average Bonchev–Trinajstić information content (AvgIpc) is 1.51. The fraction of sp³-hybridized carbons (Fsp3) is 0.0164. The SMILES string of the molecule is c1ccc(-c2ccc(-c3ccc4c(c3)c3cc(N(c5ccccc5)c5ccc6c(c5)C5(c7ccccc7-c7ccccc75)c5ccccc5-6)ccc3n4-c3ccccc3)cc2)cc1.c1ccc(-c2cccc(-c3ccc4c(c3)c3cc(N(c5ccccc5)c5ccc6c(c5)C5(c7ccccc7-c7ccccc75)c5ccccc5-6)ccc3n4-c3ccccc3)c2)cc1. The van der Waals surface area contributed by atoms with Gasteiger partial charge in [-0.05, 0) is 273 Å². The minimum Gasteiger partial charge on any atom is -0.310 e. The minimum absolute atomic E-state index is 0.430. The van der Waals surface area contributed by atoms with Crippen LogP contribution in [0, 0.1) is 0 Å². The van der Waals surface area contributed by atoms with Gasteiger partial charge in [-0.25, -0.2) is 0 Å². The van der Waals surface area contributed by atoms with E-state index >= 15 is 0 Å². The molecule has 0 aliphatic heterocycles. The quantitative estimate of drug-likeness (QED) is 0.121. The second kappa shape index (κ2) is 29.2. The molecule has 2 aromatic heterocycles. The van der Waals surface area contributed by atoms with E-state index < -0.39 is 10.8 Å². The summed E-state index contributed by atoms with van der Waals surface area (Å²) in [6.45, 7) is 0. The van der Waals surface area contributed by atoms with Gasteiger partial charge in [-0.1, -0.05) is 346 Å². The Balaban J connectivity index is 0.000000137. The molecule has 0 atom stereocenters. The molecule has 588 valence electrons. The smallest absolute Gasteiger partial charge is 0.0726 e. The molecule has 4 aliphatic carbocycles. The molecule has 0 fully saturated rings. The second-order valence-electron chi connectivity index (χ2n) is 33.7. The van der Waals surface area contributed by atoms with Crippen LogP contribution in [0.4, 0.5) is 34.1 Å². The summed E-state index contributed by atoms with van der Waals surface area (Å²) < 4.78 is 4.83. The molecule has 2 spiro atoms. The van der Waals surface area contributed by atoms with E-state index in [0.717, 1.165) is 45.5 Å². The zero-order valence-electron chi connectivity index (χ0n) is 69.0. The van der Waals surface area contributed by atoms with Gasteiger partial charge in [-0.15, -0.1) is 0 Å². The van der Waals surface area contributed by atoms with Gasteiger partial charge < -0.3 is 18.9 Å². The summed E-state index contributed by atoms with van der Waals surface area (Å²) in [5.41, 5.74) is 43.6. The summed E-state index contributed by atoms with van der Waals surface area (Å²) in [7, 11) is 0. The first-order valence-corrected chi connectivity index (χ1v) is 43.7. The third-order valence-corrected chi connectivity index (χ3v) is 27.2. The highest BCUT2D eigenvalue weighted by Gasteiger charge is 2.53. The van der Waals surface area contributed by atoms with Crippen LogP contribution >= 0.6 is 0 Å². The summed E-state index contributed by atoms with van der Waals surface area (Å²) >= 11 is 0. The van der Waals surface area contributed by atoms with Gasteiger partial charge >= 0.3 is 0 Å². The predicted octanol–water partition coefficient (Wildman–Crippen LogP) is 31.9. The van der Waals surface area contributed by atoms with E-state index in [1.54, 1.807) is 0 Å². The van der Waals surface area contributed by atoms with E-state index in [4.69, 9.17) is 0 Å². The summed E-state index contributed by atoms with van der Waals surface area (Å²) in [4.78, 5) is 4.89. The Morgan fingerprint density at radius 3 is 0.738 bits per heavy atom. The third kappa shape index (κ3) is 11.1. The Hall–Kier alpha value is -16.4. The summed E-state index contributed by atoms with van der Waals surface area (Å²) in [5, 5.41) is 4.85. The van der Waals surface area contributed by atoms with E-state index in [1.807, 2.05) is 0 Å². The fourth-order valence-electron chi connectivity index (χ4n) is 21.9. The van der Waals surface area contributed by atoms with Crippen molar-refractivity contribution in [3.63, 3.8) is 0 Å².